The molecule has 8 nitrogen and oxygen atoms in total. The first-order valence-corrected chi connectivity index (χ1v) is 13.8. The molecular formula is C24H40N4O4S. The van der Waals surface area contributed by atoms with Crippen LogP contribution in [-0.2, 0) is 15.0 Å². The molecule has 0 aromatic heterocycles. The van der Waals surface area contributed by atoms with Crippen LogP contribution in [-0.4, -0.2) is 76.5 Å². The molecule has 9 heteroatoms. The number of hydrogen-bond donors (Lipinski definition) is 1. The molecule has 2 aliphatic heterocycles. The maximum Gasteiger partial charge on any atom is 0.304 e. The molecule has 1 amide bonds. The molecule has 0 aliphatic carbocycles. The maximum absolute atomic E-state index is 13.4. The van der Waals surface area contributed by atoms with Gasteiger partial charge in [-0.1, -0.05) is 12.8 Å². The van der Waals surface area contributed by atoms with E-state index < -0.39 is 10.2 Å². The number of piperidine rings is 1. The minimum atomic E-state index is -3.72. The maximum atomic E-state index is 13.4. The summed E-state index contributed by atoms with van der Waals surface area (Å²) in [6.07, 6.45) is 7.52. The fraction of sp³-hybridized carbons (Fsp3) is 0.708. The number of benzene rings is 1. The Morgan fingerprint density at radius 1 is 1.09 bits per heavy atom. The molecule has 186 valence electrons. The van der Waals surface area contributed by atoms with Crippen molar-refractivity contribution in [3.05, 3.63) is 24.3 Å². The fourth-order valence-corrected chi connectivity index (χ4v) is 6.47. The summed E-state index contributed by atoms with van der Waals surface area (Å²) in [7, 11) is -2.14. The number of likely N-dealkylation sites (tertiary alicyclic amines) is 1. The Balaban J connectivity index is 1.52. The van der Waals surface area contributed by atoms with Crippen LogP contribution in [0.3, 0.4) is 0 Å². The summed E-state index contributed by atoms with van der Waals surface area (Å²) >= 11 is 0. The first kappa shape index (κ1) is 25.8. The lowest BCUT2D eigenvalue weighted by atomic mass is 9.99. The molecule has 33 heavy (non-hydrogen) atoms. The van der Waals surface area contributed by atoms with E-state index in [1.165, 1.54) is 34.3 Å². The molecule has 0 spiro atoms. The molecule has 0 bridgehead atoms. The number of carbonyl (C=O) groups is 1. The lowest BCUT2D eigenvalue weighted by Gasteiger charge is -2.35. The van der Waals surface area contributed by atoms with Gasteiger partial charge in [0.05, 0.1) is 18.7 Å². The van der Waals surface area contributed by atoms with Crippen molar-refractivity contribution in [3.8, 4) is 5.75 Å². The summed E-state index contributed by atoms with van der Waals surface area (Å²) in [5.74, 6) is 0.345. The highest BCUT2D eigenvalue weighted by Gasteiger charge is 2.35. The summed E-state index contributed by atoms with van der Waals surface area (Å²) in [4.78, 5) is 15.3. The van der Waals surface area contributed by atoms with Crippen LogP contribution in [0.5, 0.6) is 5.75 Å². The zero-order valence-electron chi connectivity index (χ0n) is 20.2. The monoisotopic (exact) mass is 480 g/mol. The molecule has 2 aliphatic rings. The Bertz CT molecular complexity index is 839. The van der Waals surface area contributed by atoms with E-state index in [1.54, 1.807) is 31.4 Å². The van der Waals surface area contributed by atoms with Crippen LogP contribution in [0.15, 0.2) is 24.3 Å². The van der Waals surface area contributed by atoms with Gasteiger partial charge in [0.2, 0.25) is 5.91 Å². The van der Waals surface area contributed by atoms with Gasteiger partial charge in [0.15, 0.2) is 0 Å². The van der Waals surface area contributed by atoms with Crippen LogP contribution in [0.2, 0.25) is 0 Å². The molecule has 1 N–H and O–H groups in total. The van der Waals surface area contributed by atoms with Crippen molar-refractivity contribution < 1.29 is 17.9 Å². The van der Waals surface area contributed by atoms with E-state index in [9.17, 15) is 13.2 Å². The molecule has 2 fully saturated rings. The fourth-order valence-electron chi connectivity index (χ4n) is 4.75. The minimum Gasteiger partial charge on any atom is -0.497 e. The molecule has 2 saturated heterocycles. The van der Waals surface area contributed by atoms with Crippen molar-refractivity contribution in [3.63, 3.8) is 0 Å². The SMILES string of the molecule is CCN(c1ccc(OC)cc1)S(=O)(=O)N1CCC[C@H](C(=O)NCCCN2CCCCCC2)C1. The Morgan fingerprint density at radius 3 is 2.42 bits per heavy atom. The minimum absolute atomic E-state index is 0.0294. The van der Waals surface area contributed by atoms with Crippen molar-refractivity contribution in [1.29, 1.82) is 0 Å². The van der Waals surface area contributed by atoms with E-state index in [0.29, 0.717) is 37.5 Å². The normalized spacial score (nSPS) is 20.7. The Labute approximate surface area is 199 Å². The molecule has 0 saturated carbocycles. The number of ether oxygens (including phenoxy) is 1. The second-order valence-electron chi connectivity index (χ2n) is 8.97. The highest BCUT2D eigenvalue weighted by atomic mass is 32.2. The molecule has 0 unspecified atom stereocenters. The van der Waals surface area contributed by atoms with Gasteiger partial charge in [-0.2, -0.15) is 12.7 Å². The summed E-state index contributed by atoms with van der Waals surface area (Å²) in [6, 6.07) is 7.01. The van der Waals surface area contributed by atoms with Crippen molar-refractivity contribution in [2.75, 3.05) is 57.2 Å². The number of nitrogens with zero attached hydrogens (tertiary/aromatic N) is 3. The van der Waals surface area contributed by atoms with Gasteiger partial charge in [-0.25, -0.2) is 0 Å². The quantitative estimate of drug-likeness (QED) is 0.521. The van der Waals surface area contributed by atoms with Crippen molar-refractivity contribution in [2.24, 2.45) is 5.92 Å². The van der Waals surface area contributed by atoms with E-state index in [1.807, 2.05) is 6.92 Å². The summed E-state index contributed by atoms with van der Waals surface area (Å²) in [6.45, 7) is 6.78. The summed E-state index contributed by atoms with van der Waals surface area (Å²) in [5.41, 5.74) is 0.596. The van der Waals surface area contributed by atoms with Crippen LogP contribution < -0.4 is 14.4 Å². The number of amides is 1. The van der Waals surface area contributed by atoms with Gasteiger partial charge in [0.25, 0.3) is 0 Å². The van der Waals surface area contributed by atoms with Gasteiger partial charge in [0, 0.05) is 26.2 Å². The molecular weight excluding hydrogens is 440 g/mol. The highest BCUT2D eigenvalue weighted by molar-refractivity contribution is 7.90. The van der Waals surface area contributed by atoms with Crippen molar-refractivity contribution >= 4 is 21.8 Å². The smallest absolute Gasteiger partial charge is 0.304 e. The predicted molar refractivity (Wildman–Crippen MR) is 132 cm³/mol. The van der Waals surface area contributed by atoms with Gasteiger partial charge in [-0.15, -0.1) is 0 Å². The second-order valence-corrected chi connectivity index (χ2v) is 10.8. The van der Waals surface area contributed by atoms with Crippen LogP contribution >= 0.6 is 0 Å². The third-order valence-electron chi connectivity index (χ3n) is 6.66. The number of nitrogens with one attached hydrogen (secondary N) is 1. The molecule has 3 rings (SSSR count). The van der Waals surface area contributed by atoms with Gasteiger partial charge in [-0.3, -0.25) is 9.10 Å². The molecule has 1 atom stereocenters. The van der Waals surface area contributed by atoms with Crippen LogP contribution in [0.4, 0.5) is 5.69 Å². The Kier molecular flexibility index (Phi) is 9.82. The van der Waals surface area contributed by atoms with Gasteiger partial charge >= 0.3 is 10.2 Å². The van der Waals surface area contributed by atoms with E-state index in [2.05, 4.69) is 10.2 Å². The van der Waals surface area contributed by atoms with Crippen LogP contribution in [0.25, 0.3) is 0 Å². The van der Waals surface area contributed by atoms with Crippen molar-refractivity contribution in [2.45, 2.75) is 51.9 Å². The third-order valence-corrected chi connectivity index (χ3v) is 8.67. The lowest BCUT2D eigenvalue weighted by molar-refractivity contribution is -0.126. The Morgan fingerprint density at radius 2 is 1.79 bits per heavy atom. The average Bonchev–Trinajstić information content (AvgIpc) is 3.11. The average molecular weight is 481 g/mol. The molecule has 2 heterocycles. The number of carbonyl (C=O) groups excluding carboxylic acids is 1. The zero-order valence-corrected chi connectivity index (χ0v) is 21.0. The predicted octanol–water partition coefficient (Wildman–Crippen LogP) is 2.86. The Hall–Kier alpha value is -1.84. The molecule has 1 aromatic carbocycles. The van der Waals surface area contributed by atoms with Gasteiger partial charge in [0.1, 0.15) is 5.75 Å². The number of methoxy groups -OCH3 is 1. The number of rotatable bonds is 10. The highest BCUT2D eigenvalue weighted by Crippen LogP contribution is 2.26. The summed E-state index contributed by atoms with van der Waals surface area (Å²) in [5, 5.41) is 3.05. The van der Waals surface area contributed by atoms with Crippen LogP contribution in [0, 0.1) is 5.92 Å². The number of anilines is 1. The molecule has 1 aromatic rings. The zero-order chi connectivity index (χ0) is 23.7. The number of hydrogen-bond acceptors (Lipinski definition) is 5. The van der Waals surface area contributed by atoms with E-state index in [4.69, 9.17) is 4.74 Å². The second kappa shape index (κ2) is 12.6. The van der Waals surface area contributed by atoms with E-state index >= 15 is 0 Å². The van der Waals surface area contributed by atoms with Gasteiger partial charge < -0.3 is 15.0 Å². The van der Waals surface area contributed by atoms with E-state index in [0.717, 1.165) is 32.5 Å². The van der Waals surface area contributed by atoms with Crippen molar-refractivity contribution in [1.82, 2.24) is 14.5 Å². The topological polar surface area (TPSA) is 82.2 Å². The largest absolute Gasteiger partial charge is 0.497 e. The summed E-state index contributed by atoms with van der Waals surface area (Å²) < 4.78 is 34.8. The first-order valence-electron chi connectivity index (χ1n) is 12.4. The molecule has 0 radical (unpaired) electrons. The van der Waals surface area contributed by atoms with E-state index in [-0.39, 0.29) is 18.4 Å². The lowest BCUT2D eigenvalue weighted by Crippen LogP contribution is -2.50. The standard InChI is InChI=1S/C24H40N4O4S/c1-3-28(22-11-13-23(32-2)14-12-22)33(30,31)27-19-8-10-21(20-27)24(29)25-15-9-18-26-16-6-4-5-7-17-26/h11-14,21H,3-10,15-20H2,1-2H3,(H,25,29)/t21-/m0/s1. The van der Waals surface area contributed by atoms with Crippen LogP contribution in [0.1, 0.15) is 51.9 Å². The first-order chi connectivity index (χ1) is 16.0. The third kappa shape index (κ3) is 7.07. The van der Waals surface area contributed by atoms with Gasteiger partial charge in [-0.05, 0) is 82.9 Å².